The molecule has 0 saturated carbocycles. The first-order valence-corrected chi connectivity index (χ1v) is 6.92. The summed E-state index contributed by atoms with van der Waals surface area (Å²) in [5, 5.41) is 8.66. The summed E-state index contributed by atoms with van der Waals surface area (Å²) < 4.78 is 40.2. The van der Waals surface area contributed by atoms with Gasteiger partial charge in [-0.25, -0.2) is 4.39 Å². The predicted molar refractivity (Wildman–Crippen MR) is 68.0 cm³/mol. The second kappa shape index (κ2) is 6.12. The molecule has 0 saturated heterocycles. The Morgan fingerprint density at radius 2 is 2.11 bits per heavy atom. The number of nitrogens with one attached hydrogen (secondary N) is 1. The van der Waals surface area contributed by atoms with Crippen molar-refractivity contribution in [3.63, 3.8) is 0 Å². The number of aryl methyl sites for hydroxylation is 1. The normalized spacial score (nSPS) is 11.8. The van der Waals surface area contributed by atoms with Crippen LogP contribution >= 0.6 is 0 Å². The average molecular weight is 276 g/mol. The number of aliphatic hydroxyl groups excluding tert-OH is 1. The summed E-state index contributed by atoms with van der Waals surface area (Å²) in [5.74, 6) is -0.503. The molecule has 0 amide bonds. The molecular weight excluding hydrogens is 259 g/mol. The fourth-order valence-corrected chi connectivity index (χ4v) is 2.36. The van der Waals surface area contributed by atoms with E-state index in [1.54, 1.807) is 6.92 Å². The van der Waals surface area contributed by atoms with Crippen LogP contribution in [0.5, 0.6) is 0 Å². The van der Waals surface area contributed by atoms with Crippen LogP contribution < -0.4 is 4.72 Å². The molecule has 1 aromatic rings. The Labute approximate surface area is 106 Å². The first-order valence-electron chi connectivity index (χ1n) is 5.48. The molecule has 0 fully saturated rings. The van der Waals surface area contributed by atoms with Crippen LogP contribution in [0.15, 0.2) is 18.2 Å². The molecule has 0 aliphatic rings. The summed E-state index contributed by atoms with van der Waals surface area (Å²) in [4.78, 5) is 0. The van der Waals surface area contributed by atoms with E-state index in [4.69, 9.17) is 5.11 Å². The van der Waals surface area contributed by atoms with Crippen LogP contribution in [0.1, 0.15) is 12.0 Å². The SMILES string of the molecule is Cc1ccc(F)cc1NS(=O)(=O)N(C)CCCO. The summed E-state index contributed by atoms with van der Waals surface area (Å²) in [6, 6.07) is 3.90. The van der Waals surface area contributed by atoms with Gasteiger partial charge in [0.05, 0.1) is 5.69 Å². The molecule has 0 radical (unpaired) electrons. The van der Waals surface area contributed by atoms with Crippen molar-refractivity contribution in [3.05, 3.63) is 29.6 Å². The van der Waals surface area contributed by atoms with Gasteiger partial charge in [-0.2, -0.15) is 12.7 Å². The third-order valence-electron chi connectivity index (χ3n) is 2.48. The standard InChI is InChI=1S/C11H17FN2O3S/c1-9-4-5-10(12)8-11(9)13-18(16,17)14(2)6-3-7-15/h4-5,8,13,15H,3,6-7H2,1-2H3. The number of nitrogens with zero attached hydrogens (tertiary/aromatic N) is 1. The summed E-state index contributed by atoms with van der Waals surface area (Å²) in [7, 11) is -2.32. The van der Waals surface area contributed by atoms with Gasteiger partial charge in [0.25, 0.3) is 0 Å². The highest BCUT2D eigenvalue weighted by Gasteiger charge is 2.18. The Morgan fingerprint density at radius 1 is 1.44 bits per heavy atom. The molecule has 1 rings (SSSR count). The van der Waals surface area contributed by atoms with E-state index in [9.17, 15) is 12.8 Å². The van der Waals surface area contributed by atoms with E-state index in [2.05, 4.69) is 4.72 Å². The summed E-state index contributed by atoms with van der Waals surface area (Å²) in [5.41, 5.74) is 0.849. The molecule has 0 aliphatic heterocycles. The molecular formula is C11H17FN2O3S. The first-order chi connectivity index (χ1) is 8.36. The Morgan fingerprint density at radius 3 is 2.72 bits per heavy atom. The topological polar surface area (TPSA) is 69.6 Å². The van der Waals surface area contributed by atoms with Crippen LogP contribution in [0.25, 0.3) is 0 Å². The zero-order valence-corrected chi connectivity index (χ0v) is 11.2. The highest BCUT2D eigenvalue weighted by atomic mass is 32.2. The van der Waals surface area contributed by atoms with Crippen LogP contribution in [-0.2, 0) is 10.2 Å². The minimum Gasteiger partial charge on any atom is -0.396 e. The van der Waals surface area contributed by atoms with Gasteiger partial charge in [-0.1, -0.05) is 6.07 Å². The molecule has 0 heterocycles. The minimum absolute atomic E-state index is 0.0845. The van der Waals surface area contributed by atoms with Crippen molar-refractivity contribution >= 4 is 15.9 Å². The highest BCUT2D eigenvalue weighted by molar-refractivity contribution is 7.90. The molecule has 2 N–H and O–H groups in total. The zero-order chi connectivity index (χ0) is 13.8. The zero-order valence-electron chi connectivity index (χ0n) is 10.4. The third-order valence-corrected chi connectivity index (χ3v) is 3.96. The Balaban J connectivity index is 2.85. The maximum Gasteiger partial charge on any atom is 0.301 e. The summed E-state index contributed by atoms with van der Waals surface area (Å²) in [6.45, 7) is 1.80. The van der Waals surface area contributed by atoms with E-state index in [0.717, 1.165) is 10.4 Å². The maximum absolute atomic E-state index is 13.0. The summed E-state index contributed by atoms with van der Waals surface area (Å²) >= 11 is 0. The molecule has 102 valence electrons. The Hall–Kier alpha value is -1.18. The van der Waals surface area contributed by atoms with Crippen molar-refractivity contribution in [2.24, 2.45) is 0 Å². The van der Waals surface area contributed by atoms with Crippen LogP contribution in [0, 0.1) is 12.7 Å². The van der Waals surface area contributed by atoms with Crippen LogP contribution in [-0.4, -0.2) is 38.0 Å². The van der Waals surface area contributed by atoms with E-state index in [0.29, 0.717) is 12.0 Å². The predicted octanol–water partition coefficient (Wildman–Crippen LogP) is 1.11. The molecule has 5 nitrogen and oxygen atoms in total. The fourth-order valence-electron chi connectivity index (χ4n) is 1.33. The molecule has 0 atom stereocenters. The van der Waals surface area contributed by atoms with E-state index in [-0.39, 0.29) is 18.8 Å². The number of hydrogen-bond donors (Lipinski definition) is 2. The van der Waals surface area contributed by atoms with Crippen LogP contribution in [0.3, 0.4) is 0 Å². The fraction of sp³-hybridized carbons (Fsp3) is 0.455. The average Bonchev–Trinajstić information content (AvgIpc) is 2.30. The van der Waals surface area contributed by atoms with Gasteiger partial charge in [0, 0.05) is 20.2 Å². The number of anilines is 1. The van der Waals surface area contributed by atoms with Gasteiger partial charge in [0.2, 0.25) is 0 Å². The van der Waals surface area contributed by atoms with Gasteiger partial charge in [-0.3, -0.25) is 4.72 Å². The van der Waals surface area contributed by atoms with E-state index in [1.165, 1.54) is 19.2 Å². The number of hydrogen-bond acceptors (Lipinski definition) is 3. The molecule has 0 aromatic heterocycles. The highest BCUT2D eigenvalue weighted by Crippen LogP contribution is 2.18. The second-order valence-electron chi connectivity index (χ2n) is 3.97. The van der Waals surface area contributed by atoms with Crippen molar-refractivity contribution in [1.82, 2.24) is 4.31 Å². The van der Waals surface area contributed by atoms with E-state index < -0.39 is 16.0 Å². The van der Waals surface area contributed by atoms with Crippen molar-refractivity contribution < 1.29 is 17.9 Å². The first kappa shape index (κ1) is 14.9. The molecule has 1 aromatic carbocycles. The molecule has 7 heteroatoms. The lowest BCUT2D eigenvalue weighted by atomic mass is 10.2. The lowest BCUT2D eigenvalue weighted by molar-refractivity contribution is 0.276. The van der Waals surface area contributed by atoms with Crippen molar-refractivity contribution in [2.75, 3.05) is 24.9 Å². The van der Waals surface area contributed by atoms with Gasteiger partial charge < -0.3 is 5.11 Å². The smallest absolute Gasteiger partial charge is 0.301 e. The molecule has 0 spiro atoms. The number of benzene rings is 1. The van der Waals surface area contributed by atoms with E-state index in [1.807, 2.05) is 0 Å². The minimum atomic E-state index is -3.72. The van der Waals surface area contributed by atoms with Gasteiger partial charge in [-0.05, 0) is 31.0 Å². The Kier molecular flexibility index (Phi) is 5.06. The number of rotatable bonds is 6. The van der Waals surface area contributed by atoms with Crippen LogP contribution in [0.2, 0.25) is 0 Å². The monoisotopic (exact) mass is 276 g/mol. The number of aliphatic hydroxyl groups is 1. The van der Waals surface area contributed by atoms with Gasteiger partial charge in [0.15, 0.2) is 0 Å². The van der Waals surface area contributed by atoms with Crippen molar-refractivity contribution in [2.45, 2.75) is 13.3 Å². The quantitative estimate of drug-likeness (QED) is 0.817. The summed E-state index contributed by atoms with van der Waals surface area (Å²) in [6.07, 6.45) is 0.347. The van der Waals surface area contributed by atoms with Crippen molar-refractivity contribution in [3.8, 4) is 0 Å². The largest absolute Gasteiger partial charge is 0.396 e. The third kappa shape index (κ3) is 3.94. The van der Waals surface area contributed by atoms with E-state index >= 15 is 0 Å². The molecule has 0 bridgehead atoms. The number of halogens is 1. The lowest BCUT2D eigenvalue weighted by Gasteiger charge is -2.18. The van der Waals surface area contributed by atoms with Gasteiger partial charge in [-0.15, -0.1) is 0 Å². The molecule has 0 unspecified atom stereocenters. The molecule has 0 aliphatic carbocycles. The van der Waals surface area contributed by atoms with Gasteiger partial charge >= 0.3 is 10.2 Å². The maximum atomic E-state index is 13.0. The van der Waals surface area contributed by atoms with Crippen LogP contribution in [0.4, 0.5) is 10.1 Å². The second-order valence-corrected chi connectivity index (χ2v) is 5.74. The Bertz CT molecular complexity index is 505. The van der Waals surface area contributed by atoms with Gasteiger partial charge in [0.1, 0.15) is 5.82 Å². The molecule has 18 heavy (non-hydrogen) atoms. The lowest BCUT2D eigenvalue weighted by Crippen LogP contribution is -2.33. The van der Waals surface area contributed by atoms with Crippen molar-refractivity contribution in [1.29, 1.82) is 0 Å².